The first kappa shape index (κ1) is 9.53. The molecular formula is C12H15NS. The molecule has 1 aromatic carbocycles. The van der Waals surface area contributed by atoms with E-state index in [4.69, 9.17) is 0 Å². The van der Waals surface area contributed by atoms with Gasteiger partial charge in [0.15, 0.2) is 0 Å². The second-order valence-corrected chi connectivity index (χ2v) is 4.42. The van der Waals surface area contributed by atoms with Crippen LogP contribution in [0, 0.1) is 6.92 Å². The van der Waals surface area contributed by atoms with Gasteiger partial charge in [0.05, 0.1) is 4.88 Å². The van der Waals surface area contributed by atoms with Crippen molar-refractivity contribution < 1.29 is 0 Å². The Morgan fingerprint density at radius 3 is 2.36 bits per heavy atom. The van der Waals surface area contributed by atoms with Gasteiger partial charge < -0.3 is 4.37 Å². The molecular weight excluding hydrogens is 190 g/mol. The van der Waals surface area contributed by atoms with Crippen LogP contribution in [0.5, 0.6) is 0 Å². The Hall–Kier alpha value is -1.02. The summed E-state index contributed by atoms with van der Waals surface area (Å²) < 4.78 is 3.19. The lowest BCUT2D eigenvalue weighted by atomic mass is 10.1. The summed E-state index contributed by atoms with van der Waals surface area (Å²) in [5.74, 6) is 0. The number of H-pyrrole nitrogens is 1. The average molecular weight is 205 g/mol. The van der Waals surface area contributed by atoms with E-state index in [9.17, 15) is 0 Å². The third kappa shape index (κ3) is 1.75. The smallest absolute Gasteiger partial charge is 0.0711 e. The number of hydrogen-bond donors (Lipinski definition) is 1. The summed E-state index contributed by atoms with van der Waals surface area (Å²) in [4.78, 5) is 1.38. The molecule has 0 saturated heterocycles. The number of aryl methyl sites for hydroxylation is 2. The highest BCUT2D eigenvalue weighted by Gasteiger charge is 2.05. The summed E-state index contributed by atoms with van der Waals surface area (Å²) in [5.41, 5.74) is 4.07. The Morgan fingerprint density at radius 2 is 1.93 bits per heavy atom. The normalized spacial score (nSPS) is 10.7. The van der Waals surface area contributed by atoms with Gasteiger partial charge in [0, 0.05) is 5.69 Å². The minimum absolute atomic E-state index is 1.18. The molecule has 0 amide bonds. The molecule has 2 rings (SSSR count). The molecule has 2 heteroatoms. The van der Waals surface area contributed by atoms with Crippen molar-refractivity contribution in [2.75, 3.05) is 0 Å². The van der Waals surface area contributed by atoms with Crippen LogP contribution in [0.25, 0.3) is 10.4 Å². The topological polar surface area (TPSA) is 15.8 Å². The van der Waals surface area contributed by atoms with Crippen LogP contribution in [0.2, 0.25) is 0 Å². The summed E-state index contributed by atoms with van der Waals surface area (Å²) in [6.45, 7) is 4.33. The van der Waals surface area contributed by atoms with Crippen LogP contribution in [0.1, 0.15) is 24.6 Å². The molecule has 0 aliphatic heterocycles. The van der Waals surface area contributed by atoms with Crippen molar-refractivity contribution in [3.8, 4) is 10.4 Å². The van der Waals surface area contributed by atoms with Gasteiger partial charge in [0.2, 0.25) is 0 Å². The standard InChI is InChI=1S/C12H15NS/c1-3-4-10-5-7-11(8-6-10)12-9(2)13-14-12/h5-8,13H,3-4H2,1-2H3. The number of aromatic nitrogens is 1. The van der Waals surface area contributed by atoms with Crippen molar-refractivity contribution >= 4 is 11.5 Å². The minimum atomic E-state index is 1.18. The van der Waals surface area contributed by atoms with Crippen LogP contribution in [0.4, 0.5) is 0 Å². The molecule has 1 aromatic heterocycles. The summed E-state index contributed by atoms with van der Waals surface area (Å²) in [6, 6.07) is 8.91. The van der Waals surface area contributed by atoms with Crippen molar-refractivity contribution in [3.05, 3.63) is 35.5 Å². The Kier molecular flexibility index (Phi) is 2.73. The van der Waals surface area contributed by atoms with Crippen molar-refractivity contribution in [2.24, 2.45) is 0 Å². The minimum Gasteiger partial charge on any atom is -0.314 e. The van der Waals surface area contributed by atoms with Crippen molar-refractivity contribution in [1.29, 1.82) is 0 Å². The van der Waals surface area contributed by atoms with Gasteiger partial charge in [-0.1, -0.05) is 49.1 Å². The molecule has 0 saturated carbocycles. The van der Waals surface area contributed by atoms with E-state index >= 15 is 0 Å². The van der Waals surface area contributed by atoms with Gasteiger partial charge in [-0.05, 0) is 24.5 Å². The molecule has 0 radical (unpaired) electrons. The van der Waals surface area contributed by atoms with E-state index in [2.05, 4.69) is 42.5 Å². The lowest BCUT2D eigenvalue weighted by molar-refractivity contribution is 0.922. The molecule has 1 N–H and O–H groups in total. The Labute approximate surface area is 88.9 Å². The summed E-state index contributed by atoms with van der Waals surface area (Å²) >= 11 is 1.72. The quantitative estimate of drug-likeness (QED) is 0.779. The van der Waals surface area contributed by atoms with Crippen LogP contribution in [0.3, 0.4) is 0 Å². The predicted octanol–water partition coefficient (Wildman–Crippen LogP) is 4.00. The van der Waals surface area contributed by atoms with Gasteiger partial charge in [-0.2, -0.15) is 0 Å². The van der Waals surface area contributed by atoms with Crippen LogP contribution in [-0.2, 0) is 6.42 Å². The SMILES string of the molecule is CCCc1ccc(-c2s[nH]c2C)cc1. The number of benzene rings is 1. The molecule has 0 spiro atoms. The second-order valence-electron chi connectivity index (χ2n) is 3.61. The van der Waals surface area contributed by atoms with E-state index < -0.39 is 0 Å². The van der Waals surface area contributed by atoms with E-state index in [1.165, 1.54) is 34.5 Å². The highest BCUT2D eigenvalue weighted by atomic mass is 32.1. The van der Waals surface area contributed by atoms with Crippen molar-refractivity contribution in [1.82, 2.24) is 4.37 Å². The fourth-order valence-corrected chi connectivity index (χ4v) is 2.25. The number of nitrogens with one attached hydrogen (secondary N) is 1. The van der Waals surface area contributed by atoms with E-state index in [-0.39, 0.29) is 0 Å². The van der Waals surface area contributed by atoms with Gasteiger partial charge in [0.1, 0.15) is 0 Å². The first-order chi connectivity index (χ1) is 6.81. The highest BCUT2D eigenvalue weighted by molar-refractivity contribution is 7.11. The van der Waals surface area contributed by atoms with Crippen LogP contribution in [-0.4, -0.2) is 4.37 Å². The summed E-state index contributed by atoms with van der Waals surface area (Å²) in [5, 5.41) is 0. The number of hydrogen-bond acceptors (Lipinski definition) is 1. The van der Waals surface area contributed by atoms with Crippen LogP contribution in [0.15, 0.2) is 24.3 Å². The summed E-state index contributed by atoms with van der Waals surface area (Å²) in [6.07, 6.45) is 2.40. The zero-order valence-corrected chi connectivity index (χ0v) is 9.45. The molecule has 74 valence electrons. The van der Waals surface area contributed by atoms with E-state index in [0.717, 1.165) is 0 Å². The maximum Gasteiger partial charge on any atom is 0.0711 e. The van der Waals surface area contributed by atoms with Gasteiger partial charge in [-0.25, -0.2) is 0 Å². The van der Waals surface area contributed by atoms with E-state index in [0.29, 0.717) is 0 Å². The second kappa shape index (κ2) is 4.01. The molecule has 14 heavy (non-hydrogen) atoms. The van der Waals surface area contributed by atoms with E-state index in [1.807, 2.05) is 0 Å². The molecule has 0 bridgehead atoms. The zero-order chi connectivity index (χ0) is 9.97. The molecule has 1 heterocycles. The number of aromatic amines is 1. The summed E-state index contributed by atoms with van der Waals surface area (Å²) in [7, 11) is 0. The Balaban J connectivity index is 2.20. The fraction of sp³-hybridized carbons (Fsp3) is 0.333. The first-order valence-electron chi connectivity index (χ1n) is 5.04. The largest absolute Gasteiger partial charge is 0.314 e. The third-order valence-corrected chi connectivity index (χ3v) is 3.56. The molecule has 0 fully saturated rings. The maximum absolute atomic E-state index is 3.19. The van der Waals surface area contributed by atoms with Crippen LogP contribution >= 0.6 is 11.5 Å². The molecule has 0 aliphatic carbocycles. The number of rotatable bonds is 3. The van der Waals surface area contributed by atoms with Gasteiger partial charge in [-0.3, -0.25) is 0 Å². The first-order valence-corrected chi connectivity index (χ1v) is 5.86. The van der Waals surface area contributed by atoms with Gasteiger partial charge >= 0.3 is 0 Å². The fourth-order valence-electron chi connectivity index (χ4n) is 1.59. The molecule has 1 nitrogen and oxygen atoms in total. The maximum atomic E-state index is 3.19. The third-order valence-electron chi connectivity index (χ3n) is 2.40. The lowest BCUT2D eigenvalue weighted by Gasteiger charge is -2.08. The zero-order valence-electron chi connectivity index (χ0n) is 8.63. The molecule has 0 aliphatic rings. The molecule has 0 unspecified atom stereocenters. The lowest BCUT2D eigenvalue weighted by Crippen LogP contribution is -1.89. The monoisotopic (exact) mass is 205 g/mol. The van der Waals surface area contributed by atoms with Crippen molar-refractivity contribution in [3.63, 3.8) is 0 Å². The molecule has 2 aromatic rings. The van der Waals surface area contributed by atoms with Gasteiger partial charge in [-0.15, -0.1) is 0 Å². The van der Waals surface area contributed by atoms with Crippen LogP contribution < -0.4 is 0 Å². The Bertz CT molecular complexity index is 394. The average Bonchev–Trinajstić information content (AvgIpc) is 2.19. The predicted molar refractivity (Wildman–Crippen MR) is 62.8 cm³/mol. The van der Waals surface area contributed by atoms with Gasteiger partial charge in [0.25, 0.3) is 0 Å². The highest BCUT2D eigenvalue weighted by Crippen LogP contribution is 2.28. The van der Waals surface area contributed by atoms with Crippen molar-refractivity contribution in [2.45, 2.75) is 26.7 Å². The molecule has 0 atom stereocenters. The van der Waals surface area contributed by atoms with E-state index in [1.54, 1.807) is 11.5 Å². The Morgan fingerprint density at radius 1 is 1.21 bits per heavy atom.